The van der Waals surface area contributed by atoms with E-state index in [0.29, 0.717) is 5.95 Å². The molecule has 0 aliphatic carbocycles. The van der Waals surface area contributed by atoms with Crippen molar-refractivity contribution < 1.29 is 0 Å². The smallest absolute Gasteiger partial charge is 0.233 e. The number of nitrogen functional groups attached to an aromatic ring is 1. The van der Waals surface area contributed by atoms with Crippen LogP contribution in [0.25, 0.3) is 0 Å². The zero-order valence-corrected chi connectivity index (χ0v) is 7.90. The van der Waals surface area contributed by atoms with Gasteiger partial charge in [0, 0.05) is 18.1 Å². The Morgan fingerprint density at radius 3 is 2.55 bits per heavy atom. The maximum Gasteiger partial charge on any atom is 0.233 e. The van der Waals surface area contributed by atoms with Gasteiger partial charge in [-0.15, -0.1) is 0 Å². The SMILES string of the molecule is CC.CCNc1nc(N)ns1. The summed E-state index contributed by atoms with van der Waals surface area (Å²) in [4.78, 5) is 3.87. The van der Waals surface area contributed by atoms with E-state index in [1.807, 2.05) is 20.8 Å². The van der Waals surface area contributed by atoms with E-state index in [4.69, 9.17) is 5.73 Å². The van der Waals surface area contributed by atoms with Gasteiger partial charge < -0.3 is 11.1 Å². The minimum Gasteiger partial charge on any atom is -0.367 e. The zero-order chi connectivity index (χ0) is 8.69. The molecule has 4 nitrogen and oxygen atoms in total. The lowest BCUT2D eigenvalue weighted by Crippen LogP contribution is -1.95. The number of anilines is 2. The summed E-state index contributed by atoms with van der Waals surface area (Å²) in [6.45, 7) is 6.85. The zero-order valence-electron chi connectivity index (χ0n) is 7.09. The molecule has 0 atom stereocenters. The van der Waals surface area contributed by atoms with Gasteiger partial charge in [-0.2, -0.15) is 9.36 Å². The Hall–Kier alpha value is -0.840. The summed E-state index contributed by atoms with van der Waals surface area (Å²) in [5.74, 6) is 0.343. The Balaban J connectivity index is 0.000000461. The average Bonchev–Trinajstić information content (AvgIpc) is 2.41. The summed E-state index contributed by atoms with van der Waals surface area (Å²) in [7, 11) is 0. The highest BCUT2D eigenvalue weighted by Gasteiger charge is 1.95. The van der Waals surface area contributed by atoms with Crippen molar-refractivity contribution in [2.24, 2.45) is 0 Å². The quantitative estimate of drug-likeness (QED) is 0.714. The fourth-order valence-corrected chi connectivity index (χ4v) is 1.02. The van der Waals surface area contributed by atoms with Crippen LogP contribution in [0.1, 0.15) is 20.8 Å². The third-order valence-electron chi connectivity index (χ3n) is 0.770. The average molecular weight is 174 g/mol. The van der Waals surface area contributed by atoms with Crippen LogP contribution < -0.4 is 11.1 Å². The van der Waals surface area contributed by atoms with Gasteiger partial charge in [0.25, 0.3) is 0 Å². The second-order valence-corrected chi connectivity index (χ2v) is 2.24. The molecule has 11 heavy (non-hydrogen) atoms. The minimum absolute atomic E-state index is 0.343. The van der Waals surface area contributed by atoms with E-state index in [1.165, 1.54) is 11.5 Å². The van der Waals surface area contributed by atoms with Gasteiger partial charge in [0.2, 0.25) is 11.1 Å². The summed E-state index contributed by atoms with van der Waals surface area (Å²) in [5, 5.41) is 3.78. The molecule has 0 spiro atoms. The molecule has 64 valence electrons. The largest absolute Gasteiger partial charge is 0.367 e. The van der Waals surface area contributed by atoms with Crippen molar-refractivity contribution in [2.45, 2.75) is 20.8 Å². The molecule has 0 aliphatic heterocycles. The monoisotopic (exact) mass is 174 g/mol. The second-order valence-electron chi connectivity index (χ2n) is 1.49. The molecule has 0 unspecified atom stereocenters. The lowest BCUT2D eigenvalue weighted by molar-refractivity contribution is 1.19. The van der Waals surface area contributed by atoms with Crippen molar-refractivity contribution in [1.29, 1.82) is 0 Å². The van der Waals surface area contributed by atoms with Crippen LogP contribution in [0.3, 0.4) is 0 Å². The van der Waals surface area contributed by atoms with Crippen LogP contribution in [-0.2, 0) is 0 Å². The number of nitrogens with zero attached hydrogens (tertiary/aromatic N) is 2. The molecule has 0 bridgehead atoms. The second kappa shape index (κ2) is 5.91. The van der Waals surface area contributed by atoms with Gasteiger partial charge in [-0.05, 0) is 6.92 Å². The van der Waals surface area contributed by atoms with Gasteiger partial charge in [-0.3, -0.25) is 0 Å². The van der Waals surface area contributed by atoms with Crippen molar-refractivity contribution >= 4 is 22.6 Å². The summed E-state index contributed by atoms with van der Waals surface area (Å²) in [5.41, 5.74) is 5.26. The van der Waals surface area contributed by atoms with Crippen molar-refractivity contribution in [3.63, 3.8) is 0 Å². The predicted molar refractivity (Wildman–Crippen MR) is 49.8 cm³/mol. The molecular formula is C6H14N4S. The van der Waals surface area contributed by atoms with Crippen molar-refractivity contribution in [3.05, 3.63) is 0 Å². The molecule has 1 aromatic heterocycles. The first kappa shape index (κ1) is 10.2. The van der Waals surface area contributed by atoms with Crippen LogP contribution in [-0.4, -0.2) is 15.9 Å². The van der Waals surface area contributed by atoms with Crippen molar-refractivity contribution in [3.8, 4) is 0 Å². The highest BCUT2D eigenvalue weighted by Crippen LogP contribution is 2.10. The van der Waals surface area contributed by atoms with Gasteiger partial charge >= 0.3 is 0 Å². The molecule has 0 saturated carbocycles. The fourth-order valence-electron chi connectivity index (χ4n) is 0.458. The summed E-state index contributed by atoms with van der Waals surface area (Å²) in [6.07, 6.45) is 0. The fraction of sp³-hybridized carbons (Fsp3) is 0.667. The summed E-state index contributed by atoms with van der Waals surface area (Å²) in [6, 6.07) is 0. The van der Waals surface area contributed by atoms with Crippen LogP contribution >= 0.6 is 11.5 Å². The highest BCUT2D eigenvalue weighted by atomic mass is 32.1. The summed E-state index contributed by atoms with van der Waals surface area (Å²) >= 11 is 1.28. The van der Waals surface area contributed by atoms with Gasteiger partial charge in [0.05, 0.1) is 0 Å². The molecule has 0 aliphatic rings. The number of hydrogen-bond acceptors (Lipinski definition) is 5. The van der Waals surface area contributed by atoms with Crippen LogP contribution in [0.15, 0.2) is 0 Å². The Morgan fingerprint density at radius 2 is 2.18 bits per heavy atom. The van der Waals surface area contributed by atoms with E-state index >= 15 is 0 Å². The third kappa shape index (κ3) is 3.77. The molecule has 0 saturated heterocycles. The topological polar surface area (TPSA) is 63.8 Å². The van der Waals surface area contributed by atoms with Gasteiger partial charge in [-0.25, -0.2) is 0 Å². The Bertz CT molecular complexity index is 186. The van der Waals surface area contributed by atoms with Crippen molar-refractivity contribution in [1.82, 2.24) is 9.36 Å². The minimum atomic E-state index is 0.343. The maximum absolute atomic E-state index is 5.26. The first-order valence-corrected chi connectivity index (χ1v) is 4.43. The molecule has 5 heteroatoms. The Labute approximate surface area is 71.0 Å². The van der Waals surface area contributed by atoms with E-state index < -0.39 is 0 Å². The van der Waals surface area contributed by atoms with E-state index in [0.717, 1.165) is 11.7 Å². The number of hydrogen-bond donors (Lipinski definition) is 2. The molecule has 0 amide bonds. The third-order valence-corrected chi connectivity index (χ3v) is 1.46. The lowest BCUT2D eigenvalue weighted by atomic mass is 10.8. The standard InChI is InChI=1S/C4H8N4S.C2H6/c1-2-6-4-7-3(5)8-9-4;1-2/h2H2,1H3,(H3,5,6,7,8);1-2H3. The molecule has 0 radical (unpaired) electrons. The molecule has 1 rings (SSSR count). The normalized spacial score (nSPS) is 8.27. The Morgan fingerprint density at radius 1 is 1.55 bits per heavy atom. The molecule has 1 heterocycles. The molecule has 0 fully saturated rings. The molecule has 1 aromatic rings. The summed E-state index contributed by atoms with van der Waals surface area (Å²) < 4.78 is 3.78. The number of nitrogens with two attached hydrogens (primary N) is 1. The van der Waals surface area contributed by atoms with Crippen LogP contribution in [0.4, 0.5) is 11.1 Å². The Kier molecular flexibility index (Phi) is 5.46. The maximum atomic E-state index is 5.26. The van der Waals surface area contributed by atoms with Crippen LogP contribution in [0, 0.1) is 0 Å². The highest BCUT2D eigenvalue weighted by molar-refractivity contribution is 7.09. The number of aromatic nitrogens is 2. The molecule has 0 aromatic carbocycles. The van der Waals surface area contributed by atoms with E-state index in [9.17, 15) is 0 Å². The number of rotatable bonds is 2. The van der Waals surface area contributed by atoms with Crippen LogP contribution in [0.5, 0.6) is 0 Å². The van der Waals surface area contributed by atoms with E-state index in [1.54, 1.807) is 0 Å². The molecular weight excluding hydrogens is 160 g/mol. The van der Waals surface area contributed by atoms with Crippen LogP contribution in [0.2, 0.25) is 0 Å². The predicted octanol–water partition coefficient (Wildman–Crippen LogP) is 1.58. The number of nitrogens with one attached hydrogen (secondary N) is 1. The van der Waals surface area contributed by atoms with E-state index in [-0.39, 0.29) is 0 Å². The van der Waals surface area contributed by atoms with Gasteiger partial charge in [0.1, 0.15) is 0 Å². The van der Waals surface area contributed by atoms with Crippen molar-refractivity contribution in [2.75, 3.05) is 17.6 Å². The lowest BCUT2D eigenvalue weighted by Gasteiger charge is -1.90. The first-order valence-electron chi connectivity index (χ1n) is 3.66. The first-order chi connectivity index (χ1) is 5.33. The van der Waals surface area contributed by atoms with Gasteiger partial charge in [-0.1, -0.05) is 13.8 Å². The van der Waals surface area contributed by atoms with Gasteiger partial charge in [0.15, 0.2) is 0 Å². The molecule has 3 N–H and O–H groups in total. The van der Waals surface area contributed by atoms with E-state index in [2.05, 4.69) is 14.7 Å².